The summed E-state index contributed by atoms with van der Waals surface area (Å²) >= 11 is 0. The number of carbonyl (C=O) groups excluding carboxylic acids is 1. The van der Waals surface area contributed by atoms with Crippen molar-refractivity contribution in [1.82, 2.24) is 39.6 Å². The van der Waals surface area contributed by atoms with Gasteiger partial charge in [0.1, 0.15) is 6.10 Å². The van der Waals surface area contributed by atoms with Crippen molar-refractivity contribution in [2.75, 3.05) is 42.1 Å². The second kappa shape index (κ2) is 12.7. The first-order valence-corrected chi connectivity index (χ1v) is 14.8. The van der Waals surface area contributed by atoms with Crippen molar-refractivity contribution in [2.24, 2.45) is 7.05 Å². The fraction of sp³-hybridized carbons (Fsp3) is 0.355. The van der Waals surface area contributed by atoms with Gasteiger partial charge >= 0.3 is 0 Å². The van der Waals surface area contributed by atoms with Gasteiger partial charge in [0, 0.05) is 74.0 Å². The Morgan fingerprint density at radius 3 is 2.86 bits per heavy atom. The number of para-hydroxylation sites is 1. The van der Waals surface area contributed by atoms with Crippen molar-refractivity contribution < 1.29 is 9.53 Å². The van der Waals surface area contributed by atoms with E-state index in [1.54, 1.807) is 23.1 Å². The average Bonchev–Trinajstić information content (AvgIpc) is 3.72. The molecule has 1 fully saturated rings. The monoisotopic (exact) mass is 595 g/mol. The SMILES string of the molecule is CCCNc1nccc(O[C@H]2CCN(CC(=O)Nc3cccc4c(-c5nc(Nc6cc(C)n(C)n6)ncc5C)c[nH]c34)C2)n1. The smallest absolute Gasteiger partial charge is 0.238 e. The van der Waals surface area contributed by atoms with Crippen molar-refractivity contribution >= 4 is 40.2 Å². The molecule has 6 rings (SSSR count). The molecule has 1 aromatic carbocycles. The quantitative estimate of drug-likeness (QED) is 0.173. The topological polar surface area (TPSA) is 151 Å². The van der Waals surface area contributed by atoms with E-state index < -0.39 is 0 Å². The molecule has 0 unspecified atom stereocenters. The van der Waals surface area contributed by atoms with Crippen LogP contribution in [0.5, 0.6) is 5.88 Å². The number of ether oxygens (including phenoxy) is 1. The standard InChI is InChI=1S/C31H37N11O2/c1-5-11-32-30-33-12-9-27(38-30)44-21-10-13-42(17-21)18-26(43)36-24-8-6-7-22-23(16-34-29(22)24)28-19(2)15-35-31(39-28)37-25-14-20(3)41(4)40-25/h6-9,12,14-16,21,34H,5,10-11,13,17-18H2,1-4H3,(H,36,43)(H,32,33,38)(H,35,37,39,40)/t21-/m0/s1. The number of nitrogens with one attached hydrogen (secondary N) is 4. The minimum absolute atomic E-state index is 0.0386. The summed E-state index contributed by atoms with van der Waals surface area (Å²) in [4.78, 5) is 36.5. The van der Waals surface area contributed by atoms with Crippen molar-refractivity contribution in [3.05, 3.63) is 60.2 Å². The molecule has 5 heterocycles. The minimum Gasteiger partial charge on any atom is -0.473 e. The lowest BCUT2D eigenvalue weighted by Gasteiger charge is -2.16. The number of hydrogen-bond acceptors (Lipinski definition) is 10. The van der Waals surface area contributed by atoms with E-state index in [4.69, 9.17) is 9.72 Å². The van der Waals surface area contributed by atoms with Crippen molar-refractivity contribution in [1.29, 1.82) is 0 Å². The molecule has 5 aromatic rings. The van der Waals surface area contributed by atoms with Gasteiger partial charge in [-0.3, -0.25) is 14.4 Å². The predicted molar refractivity (Wildman–Crippen MR) is 170 cm³/mol. The lowest BCUT2D eigenvalue weighted by atomic mass is 10.1. The second-order valence-corrected chi connectivity index (χ2v) is 11.0. The Bertz CT molecular complexity index is 1760. The number of amides is 1. The zero-order valence-corrected chi connectivity index (χ0v) is 25.4. The number of aromatic nitrogens is 7. The normalized spacial score (nSPS) is 15.0. The van der Waals surface area contributed by atoms with E-state index >= 15 is 0 Å². The molecule has 44 heavy (non-hydrogen) atoms. The summed E-state index contributed by atoms with van der Waals surface area (Å²) in [5.74, 6) is 2.16. The first-order chi connectivity index (χ1) is 21.4. The Morgan fingerprint density at radius 1 is 1.16 bits per heavy atom. The minimum atomic E-state index is -0.0854. The highest BCUT2D eigenvalue weighted by Crippen LogP contribution is 2.33. The third kappa shape index (κ3) is 6.47. The van der Waals surface area contributed by atoms with Crippen LogP contribution in [0.15, 0.2) is 48.9 Å². The maximum absolute atomic E-state index is 13.1. The first kappa shape index (κ1) is 29.1. The molecule has 13 nitrogen and oxygen atoms in total. The summed E-state index contributed by atoms with van der Waals surface area (Å²) in [6, 6.07) is 9.57. The molecule has 13 heteroatoms. The predicted octanol–water partition coefficient (Wildman–Crippen LogP) is 4.42. The molecule has 1 atom stereocenters. The fourth-order valence-electron chi connectivity index (χ4n) is 5.30. The van der Waals surface area contributed by atoms with E-state index in [1.807, 2.05) is 51.4 Å². The lowest BCUT2D eigenvalue weighted by molar-refractivity contribution is -0.117. The third-order valence-corrected chi connectivity index (χ3v) is 7.62. The highest BCUT2D eigenvalue weighted by molar-refractivity contribution is 6.06. The highest BCUT2D eigenvalue weighted by atomic mass is 16.5. The second-order valence-electron chi connectivity index (χ2n) is 11.0. The van der Waals surface area contributed by atoms with Crippen LogP contribution in [-0.4, -0.2) is 77.8 Å². The maximum Gasteiger partial charge on any atom is 0.238 e. The van der Waals surface area contributed by atoms with Gasteiger partial charge in [0.25, 0.3) is 0 Å². The Hall–Kier alpha value is -5.04. The Morgan fingerprint density at radius 2 is 2.05 bits per heavy atom. The summed E-state index contributed by atoms with van der Waals surface area (Å²) in [6.45, 7) is 8.54. The molecule has 0 bridgehead atoms. The molecular formula is C31H37N11O2. The van der Waals surface area contributed by atoms with Crippen LogP contribution in [0.3, 0.4) is 0 Å². The number of nitrogens with zero attached hydrogens (tertiary/aromatic N) is 7. The van der Waals surface area contributed by atoms with Gasteiger partial charge in [-0.05, 0) is 38.3 Å². The number of likely N-dealkylation sites (tertiary alicyclic amines) is 1. The molecule has 0 saturated carbocycles. The maximum atomic E-state index is 13.1. The van der Waals surface area contributed by atoms with Crippen LogP contribution in [0.1, 0.15) is 31.0 Å². The highest BCUT2D eigenvalue weighted by Gasteiger charge is 2.26. The number of fused-ring (bicyclic) bond motifs is 1. The Labute approximate surface area is 255 Å². The van der Waals surface area contributed by atoms with Gasteiger partial charge in [-0.15, -0.1) is 0 Å². The van der Waals surface area contributed by atoms with Crippen molar-refractivity contribution in [3.63, 3.8) is 0 Å². The van der Waals surface area contributed by atoms with Crippen LogP contribution >= 0.6 is 0 Å². The number of rotatable bonds is 11. The summed E-state index contributed by atoms with van der Waals surface area (Å²) in [6.07, 6.45) is 7.18. The average molecular weight is 596 g/mol. The summed E-state index contributed by atoms with van der Waals surface area (Å²) < 4.78 is 7.89. The number of hydrogen-bond donors (Lipinski definition) is 4. The molecule has 0 aliphatic carbocycles. The van der Waals surface area contributed by atoms with E-state index in [2.05, 4.69) is 52.8 Å². The zero-order valence-electron chi connectivity index (χ0n) is 25.4. The van der Waals surface area contributed by atoms with Gasteiger partial charge in [-0.25, -0.2) is 15.0 Å². The molecule has 1 saturated heterocycles. The molecule has 0 spiro atoms. The van der Waals surface area contributed by atoms with Gasteiger partial charge < -0.3 is 25.7 Å². The van der Waals surface area contributed by atoms with Crippen molar-refractivity contribution in [3.8, 4) is 17.1 Å². The van der Waals surface area contributed by atoms with Gasteiger partial charge in [0.05, 0.1) is 23.4 Å². The Kier molecular flexibility index (Phi) is 8.37. The Balaban J connectivity index is 1.10. The van der Waals surface area contributed by atoms with Crippen LogP contribution in [0.4, 0.5) is 23.4 Å². The number of benzene rings is 1. The third-order valence-electron chi connectivity index (χ3n) is 7.62. The van der Waals surface area contributed by atoms with Crippen LogP contribution in [-0.2, 0) is 11.8 Å². The summed E-state index contributed by atoms with van der Waals surface area (Å²) in [7, 11) is 1.89. The zero-order chi connectivity index (χ0) is 30.6. The van der Waals surface area contributed by atoms with Crippen LogP contribution < -0.4 is 20.7 Å². The number of H-pyrrole nitrogens is 1. The molecule has 4 N–H and O–H groups in total. The van der Waals surface area contributed by atoms with E-state index in [0.29, 0.717) is 35.8 Å². The molecule has 0 radical (unpaired) electrons. The van der Waals surface area contributed by atoms with Gasteiger partial charge in [-0.1, -0.05) is 19.1 Å². The molecule has 1 aliphatic rings. The summed E-state index contributed by atoms with van der Waals surface area (Å²) in [5.41, 5.74) is 5.23. The number of anilines is 4. The molecule has 4 aromatic heterocycles. The summed E-state index contributed by atoms with van der Waals surface area (Å²) in [5, 5.41) is 14.9. The lowest BCUT2D eigenvalue weighted by Crippen LogP contribution is -2.33. The van der Waals surface area contributed by atoms with Gasteiger partial charge in [-0.2, -0.15) is 10.1 Å². The van der Waals surface area contributed by atoms with Gasteiger partial charge in [0.15, 0.2) is 5.82 Å². The molecular weight excluding hydrogens is 558 g/mol. The van der Waals surface area contributed by atoms with E-state index in [0.717, 1.165) is 59.3 Å². The number of aromatic amines is 1. The fourth-order valence-corrected chi connectivity index (χ4v) is 5.30. The van der Waals surface area contributed by atoms with Crippen LogP contribution in [0, 0.1) is 13.8 Å². The van der Waals surface area contributed by atoms with E-state index in [1.165, 1.54) is 0 Å². The van der Waals surface area contributed by atoms with Crippen LogP contribution in [0.2, 0.25) is 0 Å². The van der Waals surface area contributed by atoms with Gasteiger partial charge in [0.2, 0.25) is 23.7 Å². The number of aryl methyl sites for hydroxylation is 3. The first-order valence-electron chi connectivity index (χ1n) is 14.8. The largest absolute Gasteiger partial charge is 0.473 e. The molecule has 228 valence electrons. The molecule has 1 aliphatic heterocycles. The molecule has 1 amide bonds. The van der Waals surface area contributed by atoms with Crippen LogP contribution in [0.25, 0.3) is 22.2 Å². The van der Waals surface area contributed by atoms with Crippen molar-refractivity contribution in [2.45, 2.75) is 39.7 Å². The van der Waals surface area contributed by atoms with E-state index in [-0.39, 0.29) is 18.6 Å². The number of carbonyl (C=O) groups is 1. The van der Waals surface area contributed by atoms with E-state index in [9.17, 15) is 4.79 Å².